The second-order valence-electron chi connectivity index (χ2n) is 2.85. The van der Waals surface area contributed by atoms with Crippen LogP contribution in [0, 0.1) is 0 Å². The average Bonchev–Trinajstić information content (AvgIpc) is 2.15. The molecule has 1 atom stereocenters. The molecule has 0 aliphatic carbocycles. The monoisotopic (exact) mass is 275 g/mol. The van der Waals surface area contributed by atoms with Gasteiger partial charge in [0.05, 0.1) is 25.8 Å². The van der Waals surface area contributed by atoms with Crippen LogP contribution in [0.15, 0.2) is 16.9 Å². The van der Waals surface area contributed by atoms with Crippen LogP contribution in [0.3, 0.4) is 0 Å². The lowest BCUT2D eigenvalue weighted by Gasteiger charge is -2.14. The smallest absolute Gasteiger partial charge is 0.306 e. The fourth-order valence-electron chi connectivity index (χ4n) is 1.18. The van der Waals surface area contributed by atoms with Gasteiger partial charge in [-0.25, -0.2) is 0 Å². The van der Waals surface area contributed by atoms with Crippen LogP contribution in [0.2, 0.25) is 0 Å². The normalized spacial score (nSPS) is 12.2. The van der Waals surface area contributed by atoms with Gasteiger partial charge in [-0.3, -0.25) is 9.78 Å². The van der Waals surface area contributed by atoms with Crippen molar-refractivity contribution in [3.8, 4) is 5.75 Å². The molecule has 0 bridgehead atoms. The molecule has 0 fully saturated rings. The molecule has 1 aromatic rings. The van der Waals surface area contributed by atoms with Gasteiger partial charge in [0.15, 0.2) is 0 Å². The molecule has 0 saturated heterocycles. The van der Waals surface area contributed by atoms with Gasteiger partial charge in [-0.15, -0.1) is 0 Å². The lowest BCUT2D eigenvalue weighted by molar-refractivity contribution is -0.139. The predicted molar refractivity (Wildman–Crippen MR) is 55.7 cm³/mol. The molecule has 15 heavy (non-hydrogen) atoms. The van der Waals surface area contributed by atoms with Gasteiger partial charge in [0.25, 0.3) is 0 Å². The number of carbonyl (C=O) groups is 1. The molecule has 0 aliphatic heterocycles. The number of carboxylic acid groups (broad SMARTS) is 1. The van der Waals surface area contributed by atoms with Gasteiger partial charge in [0.1, 0.15) is 5.75 Å². The zero-order chi connectivity index (χ0) is 11.4. The predicted octanol–water partition coefficient (Wildman–Crippen LogP) is 1.36. The van der Waals surface area contributed by atoms with Gasteiger partial charge in [0.2, 0.25) is 0 Å². The molecule has 0 unspecified atom stereocenters. The molecule has 0 radical (unpaired) electrons. The molecule has 2 N–H and O–H groups in total. The molecular weight excluding hydrogens is 266 g/mol. The van der Waals surface area contributed by atoms with Crippen LogP contribution in [0.4, 0.5) is 0 Å². The number of hydrogen-bond donors (Lipinski definition) is 2. The first-order chi connectivity index (χ1) is 7.06. The number of carboxylic acids is 1. The summed E-state index contributed by atoms with van der Waals surface area (Å²) in [6, 6.07) is 0. The number of hydrogen-bond acceptors (Lipinski definition) is 4. The highest BCUT2D eigenvalue weighted by molar-refractivity contribution is 9.10. The van der Waals surface area contributed by atoms with Gasteiger partial charge in [-0.05, 0) is 15.9 Å². The van der Waals surface area contributed by atoms with Crippen molar-refractivity contribution < 1.29 is 19.7 Å². The van der Waals surface area contributed by atoms with Crippen LogP contribution < -0.4 is 4.74 Å². The maximum absolute atomic E-state index is 10.5. The number of methoxy groups -OCH3 is 1. The van der Waals surface area contributed by atoms with E-state index in [1.165, 1.54) is 19.5 Å². The summed E-state index contributed by atoms with van der Waals surface area (Å²) >= 11 is 3.18. The zero-order valence-electron chi connectivity index (χ0n) is 7.98. The van der Waals surface area contributed by atoms with E-state index < -0.39 is 12.1 Å². The highest BCUT2D eigenvalue weighted by Crippen LogP contribution is 2.32. The number of nitrogens with zero attached hydrogens (tertiary/aromatic N) is 1. The summed E-state index contributed by atoms with van der Waals surface area (Å²) in [5.41, 5.74) is 0.398. The minimum absolute atomic E-state index is 0.359. The third kappa shape index (κ3) is 2.90. The summed E-state index contributed by atoms with van der Waals surface area (Å²) in [4.78, 5) is 14.3. The number of rotatable bonds is 4. The molecule has 82 valence electrons. The highest BCUT2D eigenvalue weighted by atomic mass is 79.9. The van der Waals surface area contributed by atoms with Crippen LogP contribution in [0.25, 0.3) is 0 Å². The Kier molecular flexibility index (Phi) is 4.05. The Hall–Kier alpha value is -1.14. The highest BCUT2D eigenvalue weighted by Gasteiger charge is 2.19. The van der Waals surface area contributed by atoms with Crippen molar-refractivity contribution in [2.24, 2.45) is 0 Å². The molecule has 0 saturated carbocycles. The molecule has 6 heteroatoms. The van der Waals surface area contributed by atoms with E-state index in [1.54, 1.807) is 0 Å². The van der Waals surface area contributed by atoms with Crippen molar-refractivity contribution in [2.45, 2.75) is 12.5 Å². The fraction of sp³-hybridized carbons (Fsp3) is 0.333. The zero-order valence-corrected chi connectivity index (χ0v) is 9.56. The molecule has 5 nitrogen and oxygen atoms in total. The van der Waals surface area contributed by atoms with Crippen molar-refractivity contribution in [1.82, 2.24) is 4.98 Å². The fourth-order valence-corrected chi connectivity index (χ4v) is 1.76. The number of aliphatic hydroxyl groups is 1. The molecule has 1 heterocycles. The summed E-state index contributed by atoms with van der Waals surface area (Å²) in [7, 11) is 1.43. The van der Waals surface area contributed by atoms with Crippen molar-refractivity contribution in [1.29, 1.82) is 0 Å². The maximum atomic E-state index is 10.5. The Bertz CT molecular complexity index is 369. The molecule has 1 aromatic heterocycles. The molecule has 1 rings (SSSR count). The van der Waals surface area contributed by atoms with Gasteiger partial charge in [-0.1, -0.05) is 0 Å². The van der Waals surface area contributed by atoms with E-state index in [-0.39, 0.29) is 6.42 Å². The van der Waals surface area contributed by atoms with Crippen LogP contribution in [-0.4, -0.2) is 28.3 Å². The van der Waals surface area contributed by atoms with Gasteiger partial charge in [-0.2, -0.15) is 0 Å². The van der Waals surface area contributed by atoms with E-state index in [0.29, 0.717) is 15.8 Å². The topological polar surface area (TPSA) is 79.7 Å². The third-order valence-corrected chi connectivity index (χ3v) is 2.46. The van der Waals surface area contributed by atoms with Crippen LogP contribution in [0.1, 0.15) is 18.1 Å². The summed E-state index contributed by atoms with van der Waals surface area (Å²) < 4.78 is 5.51. The quantitative estimate of drug-likeness (QED) is 0.868. The van der Waals surface area contributed by atoms with Gasteiger partial charge < -0.3 is 14.9 Å². The van der Waals surface area contributed by atoms with E-state index in [0.717, 1.165) is 0 Å². The molecule has 0 aromatic carbocycles. The Morgan fingerprint density at radius 1 is 1.67 bits per heavy atom. The maximum Gasteiger partial charge on any atom is 0.306 e. The van der Waals surface area contributed by atoms with Crippen LogP contribution in [-0.2, 0) is 4.79 Å². The van der Waals surface area contributed by atoms with Crippen molar-refractivity contribution in [3.05, 3.63) is 22.4 Å². The second kappa shape index (κ2) is 5.09. The largest absolute Gasteiger partial charge is 0.495 e. The lowest BCUT2D eigenvalue weighted by Crippen LogP contribution is -2.08. The summed E-state index contributed by atoms with van der Waals surface area (Å²) in [6.45, 7) is 0. The van der Waals surface area contributed by atoms with Crippen molar-refractivity contribution >= 4 is 21.9 Å². The Morgan fingerprint density at radius 3 is 2.87 bits per heavy atom. The molecule has 0 spiro atoms. The number of aromatic nitrogens is 1. The van der Waals surface area contributed by atoms with Gasteiger partial charge in [0, 0.05) is 16.2 Å². The third-order valence-electron chi connectivity index (χ3n) is 1.82. The molecule has 0 amide bonds. The average molecular weight is 276 g/mol. The Balaban J connectivity index is 3.05. The van der Waals surface area contributed by atoms with Crippen LogP contribution >= 0.6 is 15.9 Å². The van der Waals surface area contributed by atoms with Crippen molar-refractivity contribution in [2.75, 3.05) is 7.11 Å². The van der Waals surface area contributed by atoms with E-state index in [2.05, 4.69) is 20.9 Å². The van der Waals surface area contributed by atoms with Crippen molar-refractivity contribution in [3.63, 3.8) is 0 Å². The number of ether oxygens (including phenoxy) is 1. The first kappa shape index (κ1) is 11.9. The van der Waals surface area contributed by atoms with E-state index in [4.69, 9.17) is 9.84 Å². The summed E-state index contributed by atoms with van der Waals surface area (Å²) in [5.74, 6) is -0.716. The van der Waals surface area contributed by atoms with Crippen LogP contribution in [0.5, 0.6) is 5.75 Å². The number of pyridine rings is 1. The molecule has 0 aliphatic rings. The first-order valence-corrected chi connectivity index (χ1v) is 4.92. The Labute approximate surface area is 94.8 Å². The standard InChI is InChI=1S/C9H10BrNO4/c1-15-7-4-11-3-5(10)9(7)6(12)2-8(13)14/h3-4,6,12H,2H2,1H3,(H,13,14)/t6-/m0/s1. The summed E-state index contributed by atoms with van der Waals surface area (Å²) in [5, 5.41) is 18.2. The van der Waals surface area contributed by atoms with Gasteiger partial charge >= 0.3 is 5.97 Å². The first-order valence-electron chi connectivity index (χ1n) is 4.13. The minimum atomic E-state index is -1.12. The number of aliphatic hydroxyl groups excluding tert-OH is 1. The Morgan fingerprint density at radius 2 is 2.33 bits per heavy atom. The SMILES string of the molecule is COc1cncc(Br)c1[C@@H](O)CC(=O)O. The van der Waals surface area contributed by atoms with E-state index >= 15 is 0 Å². The minimum Gasteiger partial charge on any atom is -0.495 e. The number of halogens is 1. The van der Waals surface area contributed by atoms with E-state index in [1.807, 2.05) is 0 Å². The number of aliphatic carboxylic acids is 1. The lowest BCUT2D eigenvalue weighted by atomic mass is 10.1. The summed E-state index contributed by atoms with van der Waals surface area (Å²) in [6.07, 6.45) is 1.40. The van der Waals surface area contributed by atoms with E-state index in [9.17, 15) is 9.90 Å². The molecular formula is C9H10BrNO4. The second-order valence-corrected chi connectivity index (χ2v) is 3.71.